The molecule has 0 bridgehead atoms. The van der Waals surface area contributed by atoms with Gasteiger partial charge in [-0.25, -0.2) is 4.39 Å². The number of benzene rings is 1. The topological polar surface area (TPSA) is 51.2 Å². The Morgan fingerprint density at radius 1 is 1.42 bits per heavy atom. The van der Waals surface area contributed by atoms with Crippen LogP contribution in [-0.4, -0.2) is 29.0 Å². The van der Waals surface area contributed by atoms with Crippen LogP contribution >= 0.6 is 23.8 Å². The highest BCUT2D eigenvalue weighted by Crippen LogP contribution is 2.53. The first-order valence-corrected chi connectivity index (χ1v) is 9.09. The molecule has 0 spiro atoms. The number of halogens is 2. The Labute approximate surface area is 160 Å². The lowest BCUT2D eigenvalue weighted by Gasteiger charge is -2.20. The summed E-state index contributed by atoms with van der Waals surface area (Å²) in [6.07, 6.45) is 2.35. The van der Waals surface area contributed by atoms with Crippen LogP contribution in [0.5, 0.6) is 0 Å². The van der Waals surface area contributed by atoms with E-state index in [9.17, 15) is 9.18 Å². The zero-order valence-corrected chi connectivity index (χ0v) is 15.4. The SMILES string of the molecule is O=C(Cc1ccc(F)c([C@]23C[C@H]2COCC(=S)N3)c1)c1ccc(Cl)cn1. The average molecular weight is 391 g/mol. The summed E-state index contributed by atoms with van der Waals surface area (Å²) in [7, 11) is 0. The van der Waals surface area contributed by atoms with Crippen molar-refractivity contribution in [3.63, 3.8) is 0 Å². The first-order chi connectivity index (χ1) is 12.5. The average Bonchev–Trinajstić information content (AvgIpc) is 3.31. The maximum atomic E-state index is 14.6. The van der Waals surface area contributed by atoms with Crippen molar-refractivity contribution in [2.75, 3.05) is 13.2 Å². The molecular formula is C19H16ClFN2O2S. The Morgan fingerprint density at radius 3 is 3.04 bits per heavy atom. The number of ether oxygens (including phenoxy) is 1. The summed E-state index contributed by atoms with van der Waals surface area (Å²) in [5.74, 6) is -0.261. The van der Waals surface area contributed by atoms with Crippen molar-refractivity contribution in [3.8, 4) is 0 Å². The zero-order chi connectivity index (χ0) is 18.3. The quantitative estimate of drug-likeness (QED) is 0.640. The van der Waals surface area contributed by atoms with Gasteiger partial charge in [-0.1, -0.05) is 36.0 Å². The molecule has 4 rings (SSSR count). The van der Waals surface area contributed by atoms with E-state index < -0.39 is 5.54 Å². The summed E-state index contributed by atoms with van der Waals surface area (Å²) in [6, 6.07) is 8.01. The van der Waals surface area contributed by atoms with E-state index in [-0.39, 0.29) is 23.9 Å². The van der Waals surface area contributed by atoms with Gasteiger partial charge >= 0.3 is 0 Å². The number of nitrogens with zero attached hydrogens (tertiary/aromatic N) is 1. The number of thiocarbonyl (C=S) groups is 1. The van der Waals surface area contributed by atoms with E-state index >= 15 is 0 Å². The molecule has 0 unspecified atom stereocenters. The lowest BCUT2D eigenvalue weighted by atomic mass is 9.96. The van der Waals surface area contributed by atoms with E-state index in [0.717, 1.165) is 12.0 Å². The van der Waals surface area contributed by atoms with E-state index in [1.807, 2.05) is 0 Å². The maximum absolute atomic E-state index is 14.6. The van der Waals surface area contributed by atoms with Gasteiger partial charge in [0.2, 0.25) is 0 Å². The lowest BCUT2D eigenvalue weighted by molar-refractivity contribution is 0.0988. The van der Waals surface area contributed by atoms with Gasteiger partial charge in [0.05, 0.1) is 23.8 Å². The van der Waals surface area contributed by atoms with Crippen LogP contribution < -0.4 is 5.32 Å². The van der Waals surface area contributed by atoms with Crippen LogP contribution in [0.2, 0.25) is 5.02 Å². The number of aromatic nitrogens is 1. The molecule has 1 saturated heterocycles. The monoisotopic (exact) mass is 390 g/mol. The van der Waals surface area contributed by atoms with Crippen LogP contribution in [0.1, 0.15) is 28.0 Å². The van der Waals surface area contributed by atoms with Gasteiger partial charge in [-0.3, -0.25) is 9.78 Å². The third kappa shape index (κ3) is 3.24. The van der Waals surface area contributed by atoms with Crippen LogP contribution in [0.25, 0.3) is 0 Å². The molecule has 2 aliphatic rings. The minimum Gasteiger partial charge on any atom is -0.374 e. The molecule has 134 valence electrons. The smallest absolute Gasteiger partial charge is 0.185 e. The minimum absolute atomic E-state index is 0.142. The van der Waals surface area contributed by atoms with E-state index in [0.29, 0.717) is 34.5 Å². The van der Waals surface area contributed by atoms with Crippen LogP contribution in [0.4, 0.5) is 4.39 Å². The Morgan fingerprint density at radius 2 is 2.27 bits per heavy atom. The Kier molecular flexibility index (Phi) is 4.50. The van der Waals surface area contributed by atoms with E-state index in [1.54, 1.807) is 24.3 Å². The molecule has 1 aliphatic heterocycles. The maximum Gasteiger partial charge on any atom is 0.185 e. The fraction of sp³-hybridized carbons (Fsp3) is 0.316. The molecular weight excluding hydrogens is 375 g/mol. The molecule has 2 fully saturated rings. The highest BCUT2D eigenvalue weighted by molar-refractivity contribution is 7.80. The number of carbonyl (C=O) groups is 1. The normalized spacial score (nSPS) is 24.4. The van der Waals surface area contributed by atoms with E-state index in [2.05, 4.69) is 10.3 Å². The number of rotatable bonds is 4. The number of Topliss-reactive ketones (excluding diaryl/α,β-unsaturated/α-hetero) is 1. The Hall–Kier alpha value is -1.89. The summed E-state index contributed by atoms with van der Waals surface area (Å²) < 4.78 is 20.1. The summed E-state index contributed by atoms with van der Waals surface area (Å²) in [5.41, 5.74) is 1.10. The molecule has 26 heavy (non-hydrogen) atoms. The molecule has 1 aromatic heterocycles. The van der Waals surface area contributed by atoms with E-state index in [4.69, 9.17) is 28.6 Å². The van der Waals surface area contributed by atoms with Gasteiger partial charge in [0.25, 0.3) is 0 Å². The standard InChI is InChI=1S/C19H16ClFN2O2S/c20-13-2-4-16(22-8-13)17(24)6-11-1-3-15(21)14(5-11)19-7-12(19)9-25-10-18(26)23-19/h1-5,8,12H,6-7,9-10H2,(H,23,26)/t12-,19-/m0/s1. The molecule has 7 heteroatoms. The van der Waals surface area contributed by atoms with Crippen molar-refractivity contribution in [2.24, 2.45) is 5.92 Å². The van der Waals surface area contributed by atoms with Gasteiger partial charge in [-0.05, 0) is 30.2 Å². The largest absolute Gasteiger partial charge is 0.374 e. The van der Waals surface area contributed by atoms with Crippen molar-refractivity contribution in [1.29, 1.82) is 0 Å². The highest BCUT2D eigenvalue weighted by Gasteiger charge is 2.58. The second kappa shape index (κ2) is 6.68. The Balaban J connectivity index is 1.60. The zero-order valence-electron chi connectivity index (χ0n) is 13.8. The van der Waals surface area contributed by atoms with Gasteiger partial charge in [-0.2, -0.15) is 0 Å². The van der Waals surface area contributed by atoms with Crippen molar-refractivity contribution >= 4 is 34.6 Å². The molecule has 1 aliphatic carbocycles. The number of carbonyl (C=O) groups excluding carboxylic acids is 1. The number of pyridine rings is 1. The molecule has 2 heterocycles. The Bertz CT molecular complexity index is 890. The van der Waals surface area contributed by atoms with Crippen molar-refractivity contribution in [2.45, 2.75) is 18.4 Å². The third-order valence-corrected chi connectivity index (χ3v) is 5.35. The first-order valence-electron chi connectivity index (χ1n) is 8.30. The second-order valence-corrected chi connectivity index (χ2v) is 7.64. The number of nitrogens with one attached hydrogen (secondary N) is 1. The van der Waals surface area contributed by atoms with Gasteiger partial charge < -0.3 is 10.1 Å². The van der Waals surface area contributed by atoms with Crippen LogP contribution in [-0.2, 0) is 16.7 Å². The van der Waals surface area contributed by atoms with Crippen molar-refractivity contribution < 1.29 is 13.9 Å². The van der Waals surface area contributed by atoms with Crippen molar-refractivity contribution in [1.82, 2.24) is 10.3 Å². The molecule has 4 nitrogen and oxygen atoms in total. The summed E-state index contributed by atoms with van der Waals surface area (Å²) in [6.45, 7) is 0.903. The number of hydrogen-bond acceptors (Lipinski definition) is 4. The molecule has 2 aromatic rings. The summed E-state index contributed by atoms with van der Waals surface area (Å²) >= 11 is 11.1. The van der Waals surface area contributed by atoms with Gasteiger partial charge in [0.1, 0.15) is 16.5 Å². The molecule has 1 saturated carbocycles. The van der Waals surface area contributed by atoms with Crippen LogP contribution in [0.15, 0.2) is 36.5 Å². The molecule has 0 radical (unpaired) electrons. The predicted octanol–water partition coefficient (Wildman–Crippen LogP) is 3.46. The first kappa shape index (κ1) is 17.5. The van der Waals surface area contributed by atoms with Crippen molar-refractivity contribution in [3.05, 3.63) is 64.2 Å². The lowest BCUT2D eigenvalue weighted by Crippen LogP contribution is -2.36. The minimum atomic E-state index is -0.519. The molecule has 0 amide bonds. The third-order valence-electron chi connectivity index (χ3n) is 4.91. The molecule has 1 N–H and O–H groups in total. The summed E-state index contributed by atoms with van der Waals surface area (Å²) in [4.78, 5) is 17.1. The van der Waals surface area contributed by atoms with E-state index in [1.165, 1.54) is 12.3 Å². The fourth-order valence-electron chi connectivity index (χ4n) is 3.50. The highest BCUT2D eigenvalue weighted by atomic mass is 35.5. The predicted molar refractivity (Wildman–Crippen MR) is 100 cm³/mol. The van der Waals surface area contributed by atoms with Gasteiger partial charge in [-0.15, -0.1) is 0 Å². The van der Waals surface area contributed by atoms with Crippen LogP contribution in [0, 0.1) is 11.7 Å². The number of ketones is 1. The van der Waals surface area contributed by atoms with Gasteiger partial charge in [0.15, 0.2) is 5.78 Å². The summed E-state index contributed by atoms with van der Waals surface area (Å²) in [5, 5.41) is 3.73. The molecule has 2 atom stereocenters. The molecule has 1 aromatic carbocycles. The number of hydrogen-bond donors (Lipinski definition) is 1. The fourth-order valence-corrected chi connectivity index (χ4v) is 3.88. The van der Waals surface area contributed by atoms with Gasteiger partial charge in [0, 0.05) is 24.1 Å². The number of fused-ring (bicyclic) bond motifs is 1. The second-order valence-electron chi connectivity index (χ2n) is 6.71. The van der Waals surface area contributed by atoms with Crippen LogP contribution in [0.3, 0.4) is 0 Å².